The van der Waals surface area contributed by atoms with E-state index < -0.39 is 0 Å². The van der Waals surface area contributed by atoms with Crippen molar-refractivity contribution in [1.29, 1.82) is 0 Å². The zero-order valence-corrected chi connectivity index (χ0v) is 29.4. The Labute approximate surface area is 313 Å². The van der Waals surface area contributed by atoms with Gasteiger partial charge in [0.15, 0.2) is 17.5 Å². The number of aromatic nitrogens is 3. The van der Waals surface area contributed by atoms with Crippen LogP contribution in [0.25, 0.3) is 99.9 Å². The quantitative estimate of drug-likeness (QED) is 0.163. The van der Waals surface area contributed by atoms with E-state index >= 15 is 0 Å². The second-order valence-corrected chi connectivity index (χ2v) is 13.6. The minimum Gasteiger partial charge on any atom is -0.208 e. The van der Waals surface area contributed by atoms with Crippen LogP contribution in [0.5, 0.6) is 0 Å². The van der Waals surface area contributed by atoms with E-state index in [1.54, 1.807) is 0 Å². The summed E-state index contributed by atoms with van der Waals surface area (Å²) in [6.45, 7) is 0. The third kappa shape index (κ3) is 5.69. The second kappa shape index (κ2) is 13.4. The summed E-state index contributed by atoms with van der Waals surface area (Å²) in [6, 6.07) is 70.6. The van der Waals surface area contributed by atoms with Crippen LogP contribution in [-0.4, -0.2) is 15.0 Å². The molecule has 0 aliphatic carbocycles. The van der Waals surface area contributed by atoms with Gasteiger partial charge in [-0.15, -0.1) is 0 Å². The second-order valence-electron chi connectivity index (χ2n) is 13.6. The molecule has 10 rings (SSSR count). The van der Waals surface area contributed by atoms with Gasteiger partial charge < -0.3 is 0 Å². The molecule has 252 valence electrons. The van der Waals surface area contributed by atoms with Crippen LogP contribution in [0.3, 0.4) is 0 Å². The van der Waals surface area contributed by atoms with E-state index in [-0.39, 0.29) is 0 Å². The molecule has 3 nitrogen and oxygen atoms in total. The summed E-state index contributed by atoms with van der Waals surface area (Å²) in [5, 5.41) is 7.33. The van der Waals surface area contributed by atoms with E-state index in [0.29, 0.717) is 17.5 Å². The van der Waals surface area contributed by atoms with Crippen molar-refractivity contribution in [1.82, 2.24) is 15.0 Å². The number of nitrogens with zero attached hydrogens (tertiary/aromatic N) is 3. The first-order valence-electron chi connectivity index (χ1n) is 18.3. The molecule has 0 amide bonds. The first-order chi connectivity index (χ1) is 26.8. The van der Waals surface area contributed by atoms with E-state index in [2.05, 4.69) is 176 Å². The van der Waals surface area contributed by atoms with Crippen molar-refractivity contribution in [3.63, 3.8) is 0 Å². The van der Waals surface area contributed by atoms with Gasteiger partial charge >= 0.3 is 0 Å². The molecule has 0 bridgehead atoms. The van der Waals surface area contributed by atoms with Gasteiger partial charge in [0.1, 0.15) is 0 Å². The van der Waals surface area contributed by atoms with Gasteiger partial charge in [-0.1, -0.05) is 182 Å². The highest BCUT2D eigenvalue weighted by molar-refractivity contribution is 6.21. The number of benzene rings is 9. The topological polar surface area (TPSA) is 38.7 Å². The summed E-state index contributed by atoms with van der Waals surface area (Å²) in [5.74, 6) is 1.91. The molecule has 1 heterocycles. The van der Waals surface area contributed by atoms with Gasteiger partial charge in [-0.25, -0.2) is 15.0 Å². The molecule has 0 spiro atoms. The highest BCUT2D eigenvalue weighted by Gasteiger charge is 2.18. The van der Waals surface area contributed by atoms with Crippen LogP contribution in [0.4, 0.5) is 0 Å². The summed E-state index contributed by atoms with van der Waals surface area (Å²) < 4.78 is 0. The summed E-state index contributed by atoms with van der Waals surface area (Å²) in [7, 11) is 0. The lowest BCUT2D eigenvalue weighted by molar-refractivity contribution is 1.07. The molecule has 9 aromatic carbocycles. The summed E-state index contributed by atoms with van der Waals surface area (Å²) >= 11 is 0. The van der Waals surface area contributed by atoms with Gasteiger partial charge in [-0.05, 0) is 83.9 Å². The molecule has 0 aliphatic heterocycles. The van der Waals surface area contributed by atoms with Crippen molar-refractivity contribution in [3.8, 4) is 67.5 Å². The van der Waals surface area contributed by atoms with Crippen LogP contribution in [0.1, 0.15) is 0 Å². The van der Waals surface area contributed by atoms with Crippen LogP contribution >= 0.6 is 0 Å². The number of rotatable bonds is 6. The first kappa shape index (κ1) is 31.5. The van der Waals surface area contributed by atoms with Crippen LogP contribution in [0, 0.1) is 0 Å². The van der Waals surface area contributed by atoms with Gasteiger partial charge in [0, 0.05) is 16.7 Å². The maximum Gasteiger partial charge on any atom is 0.164 e. The molecule has 54 heavy (non-hydrogen) atoms. The van der Waals surface area contributed by atoms with Crippen molar-refractivity contribution in [3.05, 3.63) is 200 Å². The summed E-state index contributed by atoms with van der Waals surface area (Å²) in [4.78, 5) is 15.3. The third-order valence-electron chi connectivity index (χ3n) is 10.3. The lowest BCUT2D eigenvalue weighted by atomic mass is 9.85. The number of fused-ring (bicyclic) bond motifs is 3. The van der Waals surface area contributed by atoms with Gasteiger partial charge in [-0.3, -0.25) is 0 Å². The molecular weight excluding hydrogens is 655 g/mol. The van der Waals surface area contributed by atoms with Crippen LogP contribution < -0.4 is 0 Å². The van der Waals surface area contributed by atoms with E-state index in [9.17, 15) is 0 Å². The van der Waals surface area contributed by atoms with Crippen molar-refractivity contribution in [2.45, 2.75) is 0 Å². The minimum atomic E-state index is 0.632. The lowest BCUT2D eigenvalue weighted by Crippen LogP contribution is -2.00. The monoisotopic (exact) mass is 687 g/mol. The summed E-state index contributed by atoms with van der Waals surface area (Å²) in [6.07, 6.45) is 0. The smallest absolute Gasteiger partial charge is 0.164 e. The molecule has 0 N–H and O–H groups in total. The standard InChI is InChI=1S/C51H33N3/c1-3-15-34(16-4-1)38-21-13-23-41(32-38)50-52-49(36-18-5-2-6-19-36)53-51(54-50)42-24-14-22-39(33-42)47-43-25-9-11-27-45(43)48(46-28-12-10-26-44(46)47)40-30-29-35-17-7-8-20-37(35)31-40/h1-33H. The molecule has 0 unspecified atom stereocenters. The summed E-state index contributed by atoms with van der Waals surface area (Å²) in [5.41, 5.74) is 9.84. The first-order valence-corrected chi connectivity index (χ1v) is 18.3. The third-order valence-corrected chi connectivity index (χ3v) is 10.3. The molecule has 0 atom stereocenters. The molecule has 0 saturated heterocycles. The van der Waals surface area contributed by atoms with Gasteiger partial charge in [0.2, 0.25) is 0 Å². The Kier molecular flexibility index (Phi) is 7.81. The predicted octanol–water partition coefficient (Wildman–Crippen LogP) is 13.3. The largest absolute Gasteiger partial charge is 0.208 e. The Hall–Kier alpha value is -7.23. The maximum absolute atomic E-state index is 5.15. The van der Waals surface area contributed by atoms with E-state index in [0.717, 1.165) is 33.4 Å². The molecule has 0 fully saturated rings. The fourth-order valence-electron chi connectivity index (χ4n) is 7.73. The van der Waals surface area contributed by atoms with Gasteiger partial charge in [0.25, 0.3) is 0 Å². The number of hydrogen-bond acceptors (Lipinski definition) is 3. The Bertz CT molecular complexity index is 2930. The minimum absolute atomic E-state index is 0.632. The highest BCUT2D eigenvalue weighted by atomic mass is 15.0. The average molecular weight is 688 g/mol. The molecule has 10 aromatic rings. The van der Waals surface area contributed by atoms with E-state index in [1.165, 1.54) is 49.0 Å². The zero-order valence-electron chi connectivity index (χ0n) is 29.4. The van der Waals surface area contributed by atoms with Crippen LogP contribution in [0.15, 0.2) is 200 Å². The SMILES string of the molecule is c1ccc(-c2cccc(-c3nc(-c4ccccc4)nc(-c4cccc(-c5c6ccccc6c(-c6ccc7ccccc7c6)c6ccccc56)c4)n3)c2)cc1. The van der Waals surface area contributed by atoms with Crippen molar-refractivity contribution in [2.24, 2.45) is 0 Å². The molecule has 1 aromatic heterocycles. The number of hydrogen-bond donors (Lipinski definition) is 0. The zero-order chi connectivity index (χ0) is 35.8. The van der Waals surface area contributed by atoms with Gasteiger partial charge in [0.05, 0.1) is 0 Å². The van der Waals surface area contributed by atoms with Crippen molar-refractivity contribution in [2.75, 3.05) is 0 Å². The van der Waals surface area contributed by atoms with E-state index in [1.807, 2.05) is 24.3 Å². The molecule has 0 radical (unpaired) electrons. The lowest BCUT2D eigenvalue weighted by Gasteiger charge is -2.18. The molecular formula is C51H33N3. The Balaban J connectivity index is 1.16. The van der Waals surface area contributed by atoms with Crippen molar-refractivity contribution >= 4 is 32.3 Å². The van der Waals surface area contributed by atoms with Gasteiger partial charge in [-0.2, -0.15) is 0 Å². The van der Waals surface area contributed by atoms with E-state index in [4.69, 9.17) is 15.0 Å². The molecule has 3 heteroatoms. The normalized spacial score (nSPS) is 11.3. The average Bonchev–Trinajstić information content (AvgIpc) is 3.26. The predicted molar refractivity (Wildman–Crippen MR) is 225 cm³/mol. The molecule has 0 saturated carbocycles. The Morgan fingerprint density at radius 1 is 0.222 bits per heavy atom. The Morgan fingerprint density at radius 3 is 1.19 bits per heavy atom. The fraction of sp³-hybridized carbons (Fsp3) is 0. The Morgan fingerprint density at radius 2 is 0.611 bits per heavy atom. The van der Waals surface area contributed by atoms with Crippen LogP contribution in [-0.2, 0) is 0 Å². The van der Waals surface area contributed by atoms with Crippen LogP contribution in [0.2, 0.25) is 0 Å². The fourth-order valence-corrected chi connectivity index (χ4v) is 7.73. The maximum atomic E-state index is 5.15. The van der Waals surface area contributed by atoms with Crippen molar-refractivity contribution < 1.29 is 0 Å². The highest BCUT2D eigenvalue weighted by Crippen LogP contribution is 2.44. The molecule has 0 aliphatic rings.